The van der Waals surface area contributed by atoms with Crippen LogP contribution in [-0.4, -0.2) is 37.0 Å². The van der Waals surface area contributed by atoms with E-state index in [1.54, 1.807) is 0 Å². The molecule has 1 aliphatic heterocycles. The van der Waals surface area contributed by atoms with Gasteiger partial charge in [0.2, 0.25) is 0 Å². The van der Waals surface area contributed by atoms with Crippen LogP contribution in [0.4, 0.5) is 0 Å². The Balaban J connectivity index is 1.73. The summed E-state index contributed by atoms with van der Waals surface area (Å²) in [6.45, 7) is 3.62. The molecule has 21 heavy (non-hydrogen) atoms. The summed E-state index contributed by atoms with van der Waals surface area (Å²) in [4.78, 5) is 14.3. The summed E-state index contributed by atoms with van der Waals surface area (Å²) in [6, 6.07) is 6.58. The molecule has 1 saturated heterocycles. The third-order valence-electron chi connectivity index (χ3n) is 4.65. The van der Waals surface area contributed by atoms with Crippen molar-refractivity contribution in [2.45, 2.75) is 44.8 Å². The van der Waals surface area contributed by atoms with Crippen molar-refractivity contribution in [1.29, 1.82) is 0 Å². The molecule has 1 heterocycles. The van der Waals surface area contributed by atoms with E-state index in [-0.39, 0.29) is 5.91 Å². The van der Waals surface area contributed by atoms with Crippen molar-refractivity contribution in [2.24, 2.45) is 0 Å². The van der Waals surface area contributed by atoms with Gasteiger partial charge in [-0.3, -0.25) is 4.79 Å². The van der Waals surface area contributed by atoms with Crippen molar-refractivity contribution >= 4 is 5.91 Å². The molecule has 0 aromatic heterocycles. The molecule has 4 nitrogen and oxygen atoms in total. The Kier molecular flexibility index (Phi) is 4.15. The summed E-state index contributed by atoms with van der Waals surface area (Å²) in [5, 5.41) is 3.34. The van der Waals surface area contributed by atoms with Gasteiger partial charge in [0.1, 0.15) is 5.75 Å². The van der Waals surface area contributed by atoms with Crippen LogP contribution in [0.3, 0.4) is 0 Å². The van der Waals surface area contributed by atoms with Gasteiger partial charge in [0.25, 0.3) is 5.91 Å². The third kappa shape index (κ3) is 2.77. The quantitative estimate of drug-likeness (QED) is 0.924. The molecule has 1 N–H and O–H groups in total. The minimum absolute atomic E-state index is 0.119. The number of nitrogens with zero attached hydrogens (tertiary/aromatic N) is 1. The highest BCUT2D eigenvalue weighted by atomic mass is 16.5. The maximum atomic E-state index is 12.4. The fraction of sp³-hybridized carbons (Fsp3) is 0.588. The second-order valence-corrected chi connectivity index (χ2v) is 6.00. The Morgan fingerprint density at radius 3 is 2.86 bits per heavy atom. The van der Waals surface area contributed by atoms with Crippen molar-refractivity contribution in [1.82, 2.24) is 10.2 Å². The van der Waals surface area contributed by atoms with Gasteiger partial charge in [0.15, 0.2) is 6.10 Å². The van der Waals surface area contributed by atoms with E-state index in [0.29, 0.717) is 6.04 Å². The molecule has 0 saturated carbocycles. The van der Waals surface area contributed by atoms with Crippen molar-refractivity contribution in [3.63, 3.8) is 0 Å². The Morgan fingerprint density at radius 2 is 2.14 bits per heavy atom. The predicted molar refractivity (Wildman–Crippen MR) is 82.5 cm³/mol. The van der Waals surface area contributed by atoms with Crippen LogP contribution in [-0.2, 0) is 11.2 Å². The van der Waals surface area contributed by atoms with E-state index in [1.807, 2.05) is 31.0 Å². The summed E-state index contributed by atoms with van der Waals surface area (Å²) in [7, 11) is 1.99. The summed E-state index contributed by atoms with van der Waals surface area (Å²) >= 11 is 0. The van der Waals surface area contributed by atoms with Crippen molar-refractivity contribution in [3.05, 3.63) is 29.3 Å². The van der Waals surface area contributed by atoms with Gasteiger partial charge in [-0.1, -0.05) is 12.1 Å². The number of rotatable bonds is 4. The van der Waals surface area contributed by atoms with Crippen LogP contribution in [0, 0.1) is 0 Å². The number of carbonyl (C=O) groups is 1. The first-order valence-electron chi connectivity index (χ1n) is 7.95. The van der Waals surface area contributed by atoms with Gasteiger partial charge in [0, 0.05) is 19.1 Å². The fourth-order valence-electron chi connectivity index (χ4n) is 3.47. The minimum Gasteiger partial charge on any atom is -0.481 e. The lowest BCUT2D eigenvalue weighted by Gasteiger charge is -2.22. The Labute approximate surface area is 126 Å². The number of carbonyl (C=O) groups excluding carboxylic acids is 1. The van der Waals surface area contributed by atoms with Gasteiger partial charge in [-0.05, 0) is 56.8 Å². The summed E-state index contributed by atoms with van der Waals surface area (Å²) in [5.41, 5.74) is 2.58. The van der Waals surface area contributed by atoms with E-state index in [4.69, 9.17) is 4.74 Å². The number of hydrogen-bond acceptors (Lipinski definition) is 3. The summed E-state index contributed by atoms with van der Waals surface area (Å²) in [6.07, 6.45) is 3.94. The molecule has 2 aliphatic rings. The smallest absolute Gasteiger partial charge is 0.263 e. The minimum atomic E-state index is -0.400. The maximum absolute atomic E-state index is 12.4. The Bertz CT molecular complexity index is 524. The number of likely N-dealkylation sites (tertiary alicyclic amines) is 1. The Morgan fingerprint density at radius 1 is 1.38 bits per heavy atom. The number of amides is 1. The number of nitrogens with one attached hydrogen (secondary N) is 1. The lowest BCUT2D eigenvalue weighted by molar-refractivity contribution is -0.136. The first-order valence-corrected chi connectivity index (χ1v) is 7.95. The van der Waals surface area contributed by atoms with Gasteiger partial charge in [-0.2, -0.15) is 0 Å². The fourth-order valence-corrected chi connectivity index (χ4v) is 3.47. The van der Waals surface area contributed by atoms with E-state index in [0.717, 1.165) is 44.5 Å². The second kappa shape index (κ2) is 6.06. The largest absolute Gasteiger partial charge is 0.481 e. The molecule has 0 spiro atoms. The molecule has 0 radical (unpaired) electrons. The average molecular weight is 288 g/mol. The molecule has 1 fully saturated rings. The van der Waals surface area contributed by atoms with Gasteiger partial charge < -0.3 is 15.0 Å². The zero-order chi connectivity index (χ0) is 14.8. The van der Waals surface area contributed by atoms with Crippen LogP contribution in [0.1, 0.15) is 43.4 Å². The molecular formula is C17H24N2O2. The van der Waals surface area contributed by atoms with E-state index in [2.05, 4.69) is 11.4 Å². The molecule has 3 rings (SSSR count). The lowest BCUT2D eigenvalue weighted by Crippen LogP contribution is -2.38. The van der Waals surface area contributed by atoms with Crippen LogP contribution < -0.4 is 10.1 Å². The monoisotopic (exact) mass is 288 g/mol. The summed E-state index contributed by atoms with van der Waals surface area (Å²) < 4.78 is 6.01. The topological polar surface area (TPSA) is 41.6 Å². The molecule has 1 aliphatic carbocycles. The highest BCUT2D eigenvalue weighted by Crippen LogP contribution is 2.37. The van der Waals surface area contributed by atoms with Crippen LogP contribution in [0.5, 0.6) is 5.75 Å². The van der Waals surface area contributed by atoms with Gasteiger partial charge in [0.05, 0.1) is 0 Å². The van der Waals surface area contributed by atoms with E-state index in [1.165, 1.54) is 11.1 Å². The first kappa shape index (κ1) is 14.4. The molecule has 0 bridgehead atoms. The third-order valence-corrected chi connectivity index (χ3v) is 4.65. The van der Waals surface area contributed by atoms with Gasteiger partial charge in [-0.15, -0.1) is 0 Å². The zero-order valence-electron chi connectivity index (χ0n) is 12.9. The Hall–Kier alpha value is -1.55. The van der Waals surface area contributed by atoms with Crippen LogP contribution in [0.2, 0.25) is 0 Å². The molecular weight excluding hydrogens is 264 g/mol. The van der Waals surface area contributed by atoms with E-state index in [9.17, 15) is 4.79 Å². The van der Waals surface area contributed by atoms with Crippen LogP contribution in [0.15, 0.2) is 18.2 Å². The van der Waals surface area contributed by atoms with E-state index >= 15 is 0 Å². The maximum Gasteiger partial charge on any atom is 0.263 e. The van der Waals surface area contributed by atoms with E-state index < -0.39 is 6.10 Å². The lowest BCUT2D eigenvalue weighted by atomic mass is 10.1. The molecule has 2 unspecified atom stereocenters. The molecule has 1 aromatic rings. The predicted octanol–water partition coefficient (Wildman–Crippen LogP) is 2.28. The van der Waals surface area contributed by atoms with Gasteiger partial charge in [-0.25, -0.2) is 0 Å². The van der Waals surface area contributed by atoms with Crippen LogP contribution in [0.25, 0.3) is 0 Å². The molecule has 114 valence electrons. The SMILES string of the molecule is CNC1CCc2c(OC(C)C(=O)N3CCCC3)cccc21. The second-order valence-electron chi connectivity index (χ2n) is 6.00. The normalized spacial score (nSPS) is 22.2. The van der Waals surface area contributed by atoms with Crippen LogP contribution >= 0.6 is 0 Å². The first-order chi connectivity index (χ1) is 10.2. The zero-order valence-corrected chi connectivity index (χ0v) is 12.9. The highest BCUT2D eigenvalue weighted by molar-refractivity contribution is 5.81. The molecule has 2 atom stereocenters. The number of benzene rings is 1. The van der Waals surface area contributed by atoms with Crippen molar-refractivity contribution in [3.8, 4) is 5.75 Å². The average Bonchev–Trinajstić information content (AvgIpc) is 3.16. The molecule has 4 heteroatoms. The summed E-state index contributed by atoms with van der Waals surface area (Å²) in [5.74, 6) is 0.999. The highest BCUT2D eigenvalue weighted by Gasteiger charge is 2.28. The standard InChI is InChI=1S/C17H24N2O2/c1-12(17(20)19-10-3-4-11-19)21-16-7-5-6-13-14(16)8-9-15(13)18-2/h5-7,12,15,18H,3-4,8-11H2,1-2H3. The van der Waals surface area contributed by atoms with Gasteiger partial charge >= 0.3 is 0 Å². The van der Waals surface area contributed by atoms with Crippen molar-refractivity contribution in [2.75, 3.05) is 20.1 Å². The molecule has 1 aromatic carbocycles. The van der Waals surface area contributed by atoms with Crippen molar-refractivity contribution < 1.29 is 9.53 Å². The number of fused-ring (bicyclic) bond motifs is 1. The number of hydrogen-bond donors (Lipinski definition) is 1. The molecule has 1 amide bonds. The number of ether oxygens (including phenoxy) is 1.